The number of aliphatic hydroxyl groups excluding tert-OH is 1. The second-order valence-corrected chi connectivity index (χ2v) is 9.03. The molecule has 0 heterocycles. The third kappa shape index (κ3) is 7.17. The molecule has 2 rings (SSSR count). The normalized spacial score (nSPS) is 13.2. The van der Waals surface area contributed by atoms with Crippen LogP contribution in [0.4, 0.5) is 0 Å². The molecule has 0 aliphatic carbocycles. The third-order valence-corrected chi connectivity index (χ3v) is 4.78. The zero-order valence-corrected chi connectivity index (χ0v) is 18.1. The Bertz CT molecular complexity index is 715. The summed E-state index contributed by atoms with van der Waals surface area (Å²) in [4.78, 5) is 0. The minimum Gasteiger partial charge on any atom is -0.497 e. The lowest BCUT2D eigenvalue weighted by atomic mass is 9.87. The van der Waals surface area contributed by atoms with E-state index in [2.05, 4.69) is 64.2 Å². The van der Waals surface area contributed by atoms with Gasteiger partial charge in [-0.25, -0.2) is 0 Å². The van der Waals surface area contributed by atoms with E-state index in [1.54, 1.807) is 7.11 Å². The third-order valence-electron chi connectivity index (χ3n) is 4.78. The van der Waals surface area contributed by atoms with E-state index < -0.39 is 6.10 Å². The van der Waals surface area contributed by atoms with Crippen molar-refractivity contribution in [1.82, 2.24) is 5.32 Å². The highest BCUT2D eigenvalue weighted by Gasteiger charge is 2.20. The SMILES string of the molecule is COc1ccc(CC(C)(C)NC[C@H](O)COc2ccc(C(C)(C)C)cc2)cc1. The molecular formula is C24H35NO3. The Morgan fingerprint density at radius 3 is 2.00 bits per heavy atom. The number of ether oxygens (including phenoxy) is 2. The summed E-state index contributed by atoms with van der Waals surface area (Å²) < 4.78 is 10.9. The second kappa shape index (κ2) is 9.44. The fourth-order valence-electron chi connectivity index (χ4n) is 3.01. The maximum atomic E-state index is 10.3. The average molecular weight is 386 g/mol. The van der Waals surface area contributed by atoms with Gasteiger partial charge < -0.3 is 19.9 Å². The number of hydrogen-bond donors (Lipinski definition) is 2. The average Bonchev–Trinajstić information content (AvgIpc) is 2.65. The molecule has 0 aliphatic rings. The van der Waals surface area contributed by atoms with Crippen molar-refractivity contribution >= 4 is 0 Å². The fraction of sp³-hybridized carbons (Fsp3) is 0.500. The van der Waals surface area contributed by atoms with Gasteiger partial charge in [-0.1, -0.05) is 45.0 Å². The lowest BCUT2D eigenvalue weighted by Gasteiger charge is -2.28. The second-order valence-electron chi connectivity index (χ2n) is 9.03. The maximum Gasteiger partial charge on any atom is 0.119 e. The van der Waals surface area contributed by atoms with Crippen molar-refractivity contribution in [3.63, 3.8) is 0 Å². The molecule has 28 heavy (non-hydrogen) atoms. The van der Waals surface area contributed by atoms with Crippen LogP contribution in [0.1, 0.15) is 45.7 Å². The van der Waals surface area contributed by atoms with Crippen molar-refractivity contribution in [2.24, 2.45) is 0 Å². The fourth-order valence-corrected chi connectivity index (χ4v) is 3.01. The van der Waals surface area contributed by atoms with Gasteiger partial charge >= 0.3 is 0 Å². The highest BCUT2D eigenvalue weighted by molar-refractivity contribution is 5.31. The lowest BCUT2D eigenvalue weighted by molar-refractivity contribution is 0.0988. The minimum absolute atomic E-state index is 0.122. The summed E-state index contributed by atoms with van der Waals surface area (Å²) in [5, 5.41) is 13.7. The number of β-amino-alcohol motifs (C(OH)–C–C–N with tert-alkyl or cyclic N) is 1. The summed E-state index contributed by atoms with van der Waals surface area (Å²) in [6.07, 6.45) is 0.288. The smallest absolute Gasteiger partial charge is 0.119 e. The van der Waals surface area contributed by atoms with E-state index in [1.165, 1.54) is 11.1 Å². The number of hydrogen-bond acceptors (Lipinski definition) is 4. The first-order valence-corrected chi connectivity index (χ1v) is 9.88. The van der Waals surface area contributed by atoms with Gasteiger partial charge in [-0.05, 0) is 61.1 Å². The zero-order valence-electron chi connectivity index (χ0n) is 18.1. The van der Waals surface area contributed by atoms with Crippen LogP contribution in [0, 0.1) is 0 Å². The molecule has 154 valence electrons. The molecule has 1 atom stereocenters. The number of nitrogens with one attached hydrogen (secondary N) is 1. The van der Waals surface area contributed by atoms with Crippen molar-refractivity contribution in [2.45, 2.75) is 58.1 Å². The van der Waals surface area contributed by atoms with Crippen LogP contribution >= 0.6 is 0 Å². The van der Waals surface area contributed by atoms with Gasteiger partial charge in [0.1, 0.15) is 24.2 Å². The summed E-state index contributed by atoms with van der Waals surface area (Å²) in [5.41, 5.74) is 2.48. The van der Waals surface area contributed by atoms with Gasteiger partial charge in [-0.3, -0.25) is 0 Å². The summed E-state index contributed by atoms with van der Waals surface area (Å²) in [7, 11) is 1.67. The Balaban J connectivity index is 1.78. The number of aliphatic hydroxyl groups is 1. The van der Waals surface area contributed by atoms with E-state index in [-0.39, 0.29) is 17.6 Å². The van der Waals surface area contributed by atoms with Gasteiger partial charge in [-0.2, -0.15) is 0 Å². The van der Waals surface area contributed by atoms with Gasteiger partial charge in [0.15, 0.2) is 0 Å². The monoisotopic (exact) mass is 385 g/mol. The Morgan fingerprint density at radius 2 is 1.46 bits per heavy atom. The van der Waals surface area contributed by atoms with E-state index in [0.717, 1.165) is 17.9 Å². The van der Waals surface area contributed by atoms with Crippen LogP contribution in [-0.4, -0.2) is 37.0 Å². The highest BCUT2D eigenvalue weighted by atomic mass is 16.5. The molecule has 2 aromatic carbocycles. The zero-order chi connectivity index (χ0) is 20.8. The number of rotatable bonds is 9. The van der Waals surface area contributed by atoms with Crippen molar-refractivity contribution in [3.05, 3.63) is 59.7 Å². The molecule has 0 amide bonds. The van der Waals surface area contributed by atoms with Crippen LogP contribution in [0.15, 0.2) is 48.5 Å². The minimum atomic E-state index is -0.572. The summed E-state index contributed by atoms with van der Waals surface area (Å²) >= 11 is 0. The Morgan fingerprint density at radius 1 is 0.893 bits per heavy atom. The van der Waals surface area contributed by atoms with E-state index in [4.69, 9.17) is 9.47 Å². The largest absolute Gasteiger partial charge is 0.497 e. The van der Waals surface area contributed by atoms with E-state index in [1.807, 2.05) is 24.3 Å². The van der Waals surface area contributed by atoms with Crippen LogP contribution in [0.3, 0.4) is 0 Å². The Labute approximate surface area is 169 Å². The van der Waals surface area contributed by atoms with Gasteiger partial charge in [0.2, 0.25) is 0 Å². The maximum absolute atomic E-state index is 10.3. The molecule has 0 fully saturated rings. The molecule has 0 unspecified atom stereocenters. The first kappa shape index (κ1) is 22.3. The number of benzene rings is 2. The standard InChI is InChI=1S/C24H35NO3/c1-23(2,3)19-9-13-22(14-10-19)28-17-20(26)16-25-24(4,5)15-18-7-11-21(27-6)12-8-18/h7-14,20,25-26H,15-17H2,1-6H3/t20-/m0/s1. The van der Waals surface area contributed by atoms with Crippen molar-refractivity contribution in [3.8, 4) is 11.5 Å². The molecule has 0 spiro atoms. The summed E-state index contributed by atoms with van der Waals surface area (Å²) in [6.45, 7) is 11.6. The van der Waals surface area contributed by atoms with Gasteiger partial charge in [-0.15, -0.1) is 0 Å². The number of methoxy groups -OCH3 is 1. The van der Waals surface area contributed by atoms with Crippen molar-refractivity contribution < 1.29 is 14.6 Å². The van der Waals surface area contributed by atoms with Gasteiger partial charge in [0, 0.05) is 12.1 Å². The van der Waals surface area contributed by atoms with Crippen LogP contribution < -0.4 is 14.8 Å². The highest BCUT2D eigenvalue weighted by Crippen LogP contribution is 2.24. The topological polar surface area (TPSA) is 50.7 Å². The molecule has 0 bridgehead atoms. The van der Waals surface area contributed by atoms with Crippen LogP contribution in [-0.2, 0) is 11.8 Å². The van der Waals surface area contributed by atoms with Crippen LogP contribution in [0.5, 0.6) is 11.5 Å². The van der Waals surface area contributed by atoms with Crippen molar-refractivity contribution in [2.75, 3.05) is 20.3 Å². The lowest BCUT2D eigenvalue weighted by Crippen LogP contribution is -2.46. The molecule has 0 radical (unpaired) electrons. The molecule has 4 heteroatoms. The van der Waals surface area contributed by atoms with E-state index in [0.29, 0.717) is 6.54 Å². The van der Waals surface area contributed by atoms with E-state index in [9.17, 15) is 5.11 Å². The predicted molar refractivity (Wildman–Crippen MR) is 115 cm³/mol. The molecule has 0 aromatic heterocycles. The molecule has 2 N–H and O–H groups in total. The van der Waals surface area contributed by atoms with Gasteiger partial charge in [0.25, 0.3) is 0 Å². The quantitative estimate of drug-likeness (QED) is 0.674. The van der Waals surface area contributed by atoms with Crippen molar-refractivity contribution in [1.29, 1.82) is 0 Å². The summed E-state index contributed by atoms with van der Waals surface area (Å²) in [6, 6.07) is 16.2. The Kier molecular flexibility index (Phi) is 7.50. The first-order chi connectivity index (χ1) is 13.1. The Hall–Kier alpha value is -2.04. The molecule has 0 saturated carbocycles. The molecular weight excluding hydrogens is 350 g/mol. The van der Waals surface area contributed by atoms with Crippen LogP contribution in [0.25, 0.3) is 0 Å². The predicted octanol–water partition coefficient (Wildman–Crippen LogP) is 4.34. The molecule has 0 saturated heterocycles. The first-order valence-electron chi connectivity index (χ1n) is 9.88. The van der Waals surface area contributed by atoms with Gasteiger partial charge in [0.05, 0.1) is 7.11 Å². The molecule has 0 aliphatic heterocycles. The molecule has 4 nitrogen and oxygen atoms in total. The van der Waals surface area contributed by atoms with E-state index >= 15 is 0 Å². The molecule has 2 aromatic rings. The summed E-state index contributed by atoms with van der Waals surface area (Å²) in [5.74, 6) is 1.64. The van der Waals surface area contributed by atoms with Crippen LogP contribution in [0.2, 0.25) is 0 Å².